The van der Waals surface area contributed by atoms with Crippen LogP contribution in [-0.2, 0) is 51.8 Å². The standard InChI is InChI=1S/C46H62O11P2/c1-23-16-28-10-12-33-24(2)17-30(50-33)14-15-46-21-38-42(56-46)43-44(55-38)45(57-46)41-34(54-43)13-11-29(52-41)18-32(47)40(27-8-6-5-7-9-27)39-26(4)35(19-31(59-48)22-49-58)53-37(39)20-36(51-28)25(23)3/h5-9,23,26,28-31,33-45H,2-3,10-22,58H2,1,4H3/t23-,26+,28+,29-,30+,31+,33?,34+,35-,36?,37+,38?,39-,40?,41+,42+,43+,44-,45+,46+/m1/s1. The van der Waals surface area contributed by atoms with Crippen LogP contribution < -0.4 is 0 Å². The highest BCUT2D eigenvalue weighted by Gasteiger charge is 2.69. The lowest BCUT2D eigenvalue weighted by molar-refractivity contribution is -0.292. The molecule has 0 N–H and O–H groups in total. The number of hydrogen-bond donors (Lipinski definition) is 0. The van der Waals surface area contributed by atoms with E-state index in [4.69, 9.17) is 42.4 Å². The van der Waals surface area contributed by atoms with E-state index in [1.807, 2.05) is 18.2 Å². The largest absolute Gasteiger partial charge is 0.374 e. The Balaban J connectivity index is 0.993. The van der Waals surface area contributed by atoms with Crippen LogP contribution in [0.2, 0.25) is 0 Å². The minimum absolute atomic E-state index is 0.0145. The summed E-state index contributed by atoms with van der Waals surface area (Å²) >= 11 is 0. The Bertz CT molecular complexity index is 1750. The van der Waals surface area contributed by atoms with Crippen LogP contribution in [0.15, 0.2) is 54.6 Å². The summed E-state index contributed by atoms with van der Waals surface area (Å²) in [4.78, 5) is 15.2. The quantitative estimate of drug-likeness (QED) is 0.208. The van der Waals surface area contributed by atoms with Crippen LogP contribution in [-0.4, -0.2) is 109 Å². The maximum atomic E-state index is 15.2. The average molecular weight is 853 g/mol. The van der Waals surface area contributed by atoms with Crippen molar-refractivity contribution in [1.82, 2.24) is 0 Å². The summed E-state index contributed by atoms with van der Waals surface area (Å²) in [6.07, 6.45) is 5.82. The molecule has 10 saturated heterocycles. The van der Waals surface area contributed by atoms with E-state index < -0.39 is 11.7 Å². The van der Waals surface area contributed by atoms with Crippen molar-refractivity contribution in [3.63, 3.8) is 0 Å². The van der Waals surface area contributed by atoms with Gasteiger partial charge in [-0.3, -0.25) is 9.36 Å². The van der Waals surface area contributed by atoms with Crippen LogP contribution in [0.25, 0.3) is 0 Å². The van der Waals surface area contributed by atoms with Crippen LogP contribution in [0.5, 0.6) is 0 Å². The molecule has 0 radical (unpaired) electrons. The molecule has 10 aliphatic heterocycles. The fourth-order valence-corrected chi connectivity index (χ4v) is 13.4. The number of ketones is 1. The van der Waals surface area contributed by atoms with Crippen molar-refractivity contribution in [3.8, 4) is 0 Å². The number of fused-ring (bicyclic) bond motifs is 6. The van der Waals surface area contributed by atoms with E-state index in [9.17, 15) is 4.57 Å². The van der Waals surface area contributed by atoms with Gasteiger partial charge in [-0.2, -0.15) is 0 Å². The molecule has 0 aromatic heterocycles. The summed E-state index contributed by atoms with van der Waals surface area (Å²) in [6.45, 7) is 13.8. The number of Topliss-reactive ketones (excluding diaryl/α,β-unsaturated/α-hetero) is 1. The van der Waals surface area contributed by atoms with Gasteiger partial charge < -0.3 is 42.4 Å². The monoisotopic (exact) mass is 852 g/mol. The van der Waals surface area contributed by atoms with Gasteiger partial charge in [0.15, 0.2) is 14.2 Å². The van der Waals surface area contributed by atoms with Gasteiger partial charge in [0, 0.05) is 47.0 Å². The van der Waals surface area contributed by atoms with Crippen molar-refractivity contribution in [3.05, 3.63) is 60.2 Å². The second-order valence-electron chi connectivity index (χ2n) is 19.3. The highest BCUT2D eigenvalue weighted by atomic mass is 31.1. The summed E-state index contributed by atoms with van der Waals surface area (Å²) in [5.74, 6) is -1.03. The Hall–Kier alpha value is -1.46. The molecule has 0 amide bonds. The molecule has 12 bridgehead atoms. The minimum Gasteiger partial charge on any atom is -0.374 e. The van der Waals surface area contributed by atoms with E-state index >= 15 is 4.79 Å². The van der Waals surface area contributed by atoms with Crippen LogP contribution in [0.1, 0.15) is 102 Å². The summed E-state index contributed by atoms with van der Waals surface area (Å²) in [5, 5.41) is 0. The van der Waals surface area contributed by atoms with Crippen molar-refractivity contribution in [1.29, 1.82) is 0 Å². The molecule has 10 heterocycles. The van der Waals surface area contributed by atoms with Crippen molar-refractivity contribution >= 4 is 23.7 Å². The maximum Gasteiger partial charge on any atom is 0.172 e. The van der Waals surface area contributed by atoms with Gasteiger partial charge in [-0.05, 0) is 79.9 Å². The topological polar surface area (TPSA) is 117 Å². The molecule has 1 spiro atoms. The molecule has 5 unspecified atom stereocenters. The van der Waals surface area contributed by atoms with Gasteiger partial charge >= 0.3 is 0 Å². The van der Waals surface area contributed by atoms with E-state index in [1.165, 1.54) is 0 Å². The molecule has 322 valence electrons. The second-order valence-corrected chi connectivity index (χ2v) is 20.6. The lowest BCUT2D eigenvalue weighted by Crippen LogP contribution is -2.61. The van der Waals surface area contributed by atoms with E-state index in [2.05, 4.69) is 48.6 Å². The smallest absolute Gasteiger partial charge is 0.172 e. The third-order valence-corrected chi connectivity index (χ3v) is 16.5. The number of rotatable bonds is 6. The fourth-order valence-electron chi connectivity index (χ4n) is 12.6. The summed E-state index contributed by atoms with van der Waals surface area (Å²) in [7, 11) is 2.29. The first-order chi connectivity index (χ1) is 28.6. The Kier molecular flexibility index (Phi) is 11.9. The maximum absolute atomic E-state index is 15.2. The van der Waals surface area contributed by atoms with Gasteiger partial charge in [0.05, 0.1) is 67.2 Å². The molecule has 10 fully saturated rings. The highest BCUT2D eigenvalue weighted by Crippen LogP contribution is 2.55. The SMILES string of the molecule is C=C1C[C@@H]2CC[C@@]34CC5O[C@H]6[C@@H](O3)[C@H]3O[C@H](CC[C@@H]3O[C@H]6[C@H]5O4)CC(=O)C(c3ccccc3)[C@@H]3[C@@H](C)[C@@H](C[C@@H](COP)P=O)O[C@H]3CC3O[C@@H](CCC1O2)C[C@@H](C)C3=C. The number of carbonyl (C=O) groups is 1. The predicted molar refractivity (Wildman–Crippen MR) is 221 cm³/mol. The Labute approximate surface area is 352 Å². The minimum atomic E-state index is -0.799. The highest BCUT2D eigenvalue weighted by molar-refractivity contribution is 7.24. The van der Waals surface area contributed by atoms with E-state index in [1.54, 1.807) is 0 Å². The van der Waals surface area contributed by atoms with Gasteiger partial charge in [-0.25, -0.2) is 0 Å². The normalized spacial score (nSPS) is 48.8. The van der Waals surface area contributed by atoms with Crippen molar-refractivity contribution in [2.24, 2.45) is 17.8 Å². The zero-order valence-corrected chi connectivity index (χ0v) is 36.5. The zero-order valence-electron chi connectivity index (χ0n) is 34.5. The van der Waals surface area contributed by atoms with Crippen LogP contribution >= 0.6 is 17.9 Å². The van der Waals surface area contributed by atoms with Gasteiger partial charge in [-0.1, -0.05) is 57.3 Å². The Morgan fingerprint density at radius 2 is 1.54 bits per heavy atom. The molecule has 13 heteroatoms. The molecule has 10 aliphatic rings. The molecule has 11 rings (SSSR count). The zero-order chi connectivity index (χ0) is 40.6. The molecular formula is C46H62O11P2. The Morgan fingerprint density at radius 1 is 0.797 bits per heavy atom. The third kappa shape index (κ3) is 7.83. The molecule has 0 saturated carbocycles. The summed E-state index contributed by atoms with van der Waals surface area (Å²) < 4.78 is 72.9. The lowest BCUT2D eigenvalue weighted by Gasteiger charge is -2.47. The summed E-state index contributed by atoms with van der Waals surface area (Å²) in [6, 6.07) is 10.2. The first-order valence-electron chi connectivity index (χ1n) is 22.5. The number of hydrogen-bond acceptors (Lipinski definition) is 11. The number of ether oxygens (including phenoxy) is 8. The van der Waals surface area contributed by atoms with Crippen molar-refractivity contribution in [2.75, 3.05) is 6.61 Å². The molecule has 1 aromatic carbocycles. The van der Waals surface area contributed by atoms with E-state index in [0.29, 0.717) is 38.7 Å². The van der Waals surface area contributed by atoms with Crippen LogP contribution in [0, 0.1) is 17.8 Å². The molecule has 0 aliphatic carbocycles. The van der Waals surface area contributed by atoms with E-state index in [-0.39, 0.29) is 130 Å². The first kappa shape index (κ1) is 41.5. The lowest BCUT2D eigenvalue weighted by atomic mass is 9.70. The molecular weight excluding hydrogens is 790 g/mol. The van der Waals surface area contributed by atoms with Crippen molar-refractivity contribution < 1.29 is 51.8 Å². The average Bonchev–Trinajstić information content (AvgIpc) is 3.90. The Morgan fingerprint density at radius 3 is 2.36 bits per heavy atom. The number of benzene rings is 1. The van der Waals surface area contributed by atoms with Crippen molar-refractivity contribution in [2.45, 2.75) is 194 Å². The molecule has 59 heavy (non-hydrogen) atoms. The third-order valence-electron chi connectivity index (χ3n) is 15.6. The van der Waals surface area contributed by atoms with E-state index in [0.717, 1.165) is 55.2 Å². The van der Waals surface area contributed by atoms with Crippen LogP contribution in [0.3, 0.4) is 0 Å². The van der Waals surface area contributed by atoms with Gasteiger partial charge in [-0.15, -0.1) is 0 Å². The van der Waals surface area contributed by atoms with Gasteiger partial charge in [0.1, 0.15) is 36.3 Å². The summed E-state index contributed by atoms with van der Waals surface area (Å²) in [5.41, 5.74) is 2.96. The molecule has 11 nitrogen and oxygen atoms in total. The van der Waals surface area contributed by atoms with Gasteiger partial charge in [0.2, 0.25) is 0 Å². The predicted octanol–water partition coefficient (Wildman–Crippen LogP) is 7.60. The van der Waals surface area contributed by atoms with Gasteiger partial charge in [0.25, 0.3) is 0 Å². The molecule has 21 atom stereocenters. The second kappa shape index (κ2) is 16.9. The fraction of sp³-hybridized carbons (Fsp3) is 0.761. The molecule has 1 aromatic rings. The van der Waals surface area contributed by atoms with Crippen LogP contribution in [0.4, 0.5) is 0 Å². The first-order valence-corrected chi connectivity index (χ1v) is 23.8. The number of carbonyl (C=O) groups excluding carboxylic acids is 1.